The number of hydrogen-bond acceptors (Lipinski definition) is 3. The molecule has 3 N–H and O–H groups in total. The van der Waals surface area contributed by atoms with Crippen molar-refractivity contribution in [3.8, 4) is 0 Å². The highest BCUT2D eigenvalue weighted by molar-refractivity contribution is 5.62. The van der Waals surface area contributed by atoms with E-state index in [0.717, 1.165) is 16.9 Å². The average Bonchev–Trinajstić information content (AvgIpc) is 2.31. The predicted molar refractivity (Wildman–Crippen MR) is 61.9 cm³/mol. The van der Waals surface area contributed by atoms with E-state index in [1.165, 1.54) is 0 Å². The molecule has 0 aliphatic heterocycles. The van der Waals surface area contributed by atoms with Gasteiger partial charge >= 0.3 is 0 Å². The first kappa shape index (κ1) is 9.68. The Balaban J connectivity index is 2.24. The largest absolute Gasteiger partial charge is 0.355 e. The van der Waals surface area contributed by atoms with Crippen LogP contribution in [0.4, 0.5) is 11.4 Å². The molecule has 3 nitrogen and oxygen atoms in total. The SMILES string of the molecule is NCc1cnccc1Nc1ccccc1. The number of benzene rings is 1. The smallest absolute Gasteiger partial charge is 0.0460 e. The normalized spacial score (nSPS) is 9.93. The summed E-state index contributed by atoms with van der Waals surface area (Å²) in [7, 11) is 0. The van der Waals surface area contributed by atoms with Crippen molar-refractivity contribution in [3.05, 3.63) is 54.4 Å². The summed E-state index contributed by atoms with van der Waals surface area (Å²) in [6.45, 7) is 0.489. The first-order valence-corrected chi connectivity index (χ1v) is 4.85. The van der Waals surface area contributed by atoms with Crippen molar-refractivity contribution in [1.82, 2.24) is 4.98 Å². The molecule has 1 aromatic heterocycles. The second-order valence-corrected chi connectivity index (χ2v) is 3.23. The summed E-state index contributed by atoms with van der Waals surface area (Å²) in [5.41, 5.74) is 8.71. The van der Waals surface area contributed by atoms with Crippen LogP contribution in [0.2, 0.25) is 0 Å². The Labute approximate surface area is 89.0 Å². The van der Waals surface area contributed by atoms with Gasteiger partial charge in [-0.05, 0) is 18.2 Å². The van der Waals surface area contributed by atoms with Crippen molar-refractivity contribution >= 4 is 11.4 Å². The molecular weight excluding hydrogens is 186 g/mol. The highest BCUT2D eigenvalue weighted by atomic mass is 14.9. The zero-order chi connectivity index (χ0) is 10.5. The number of hydrogen-bond donors (Lipinski definition) is 2. The molecule has 0 saturated heterocycles. The van der Waals surface area contributed by atoms with Crippen molar-refractivity contribution in [2.24, 2.45) is 5.73 Å². The van der Waals surface area contributed by atoms with E-state index in [0.29, 0.717) is 6.54 Å². The first-order chi connectivity index (χ1) is 7.40. The Kier molecular flexibility index (Phi) is 2.95. The maximum Gasteiger partial charge on any atom is 0.0460 e. The minimum Gasteiger partial charge on any atom is -0.355 e. The molecule has 1 heterocycles. The molecule has 0 spiro atoms. The Morgan fingerprint density at radius 2 is 1.93 bits per heavy atom. The molecule has 0 radical (unpaired) electrons. The van der Waals surface area contributed by atoms with Crippen LogP contribution in [-0.2, 0) is 6.54 Å². The molecule has 2 rings (SSSR count). The van der Waals surface area contributed by atoms with E-state index >= 15 is 0 Å². The van der Waals surface area contributed by atoms with Crippen LogP contribution >= 0.6 is 0 Å². The third kappa shape index (κ3) is 2.33. The van der Waals surface area contributed by atoms with Gasteiger partial charge in [-0.1, -0.05) is 18.2 Å². The third-order valence-corrected chi connectivity index (χ3v) is 2.18. The van der Waals surface area contributed by atoms with Crippen LogP contribution in [0.15, 0.2) is 48.8 Å². The van der Waals surface area contributed by atoms with E-state index in [9.17, 15) is 0 Å². The monoisotopic (exact) mass is 199 g/mol. The fourth-order valence-corrected chi connectivity index (χ4v) is 1.39. The van der Waals surface area contributed by atoms with Crippen LogP contribution in [-0.4, -0.2) is 4.98 Å². The Hall–Kier alpha value is -1.87. The van der Waals surface area contributed by atoms with Crippen molar-refractivity contribution in [2.75, 3.05) is 5.32 Å². The lowest BCUT2D eigenvalue weighted by Gasteiger charge is -2.09. The minimum atomic E-state index is 0.489. The van der Waals surface area contributed by atoms with Gasteiger partial charge in [0.05, 0.1) is 0 Å². The molecule has 3 heteroatoms. The van der Waals surface area contributed by atoms with Gasteiger partial charge in [-0.2, -0.15) is 0 Å². The maximum absolute atomic E-state index is 5.62. The third-order valence-electron chi connectivity index (χ3n) is 2.18. The maximum atomic E-state index is 5.62. The van der Waals surface area contributed by atoms with Crippen molar-refractivity contribution < 1.29 is 0 Å². The van der Waals surface area contributed by atoms with E-state index in [1.807, 2.05) is 36.4 Å². The van der Waals surface area contributed by atoms with Gasteiger partial charge in [0.15, 0.2) is 0 Å². The van der Waals surface area contributed by atoms with E-state index in [-0.39, 0.29) is 0 Å². The standard InChI is InChI=1S/C12H13N3/c13-8-10-9-14-7-6-12(10)15-11-4-2-1-3-5-11/h1-7,9H,8,13H2,(H,14,15). The summed E-state index contributed by atoms with van der Waals surface area (Å²) < 4.78 is 0. The zero-order valence-electron chi connectivity index (χ0n) is 8.35. The van der Waals surface area contributed by atoms with Crippen LogP contribution in [0, 0.1) is 0 Å². The van der Waals surface area contributed by atoms with E-state index in [2.05, 4.69) is 10.3 Å². The second-order valence-electron chi connectivity index (χ2n) is 3.23. The molecule has 0 amide bonds. The predicted octanol–water partition coefficient (Wildman–Crippen LogP) is 2.28. The van der Waals surface area contributed by atoms with Gasteiger partial charge in [0.25, 0.3) is 0 Å². The highest BCUT2D eigenvalue weighted by Gasteiger charge is 1.99. The van der Waals surface area contributed by atoms with E-state index < -0.39 is 0 Å². The van der Waals surface area contributed by atoms with Crippen LogP contribution < -0.4 is 11.1 Å². The fraction of sp³-hybridized carbons (Fsp3) is 0.0833. The number of pyridine rings is 1. The van der Waals surface area contributed by atoms with Crippen LogP contribution in [0.5, 0.6) is 0 Å². The molecule has 0 aliphatic rings. The van der Waals surface area contributed by atoms with Crippen LogP contribution in [0.25, 0.3) is 0 Å². The van der Waals surface area contributed by atoms with E-state index in [4.69, 9.17) is 5.73 Å². The summed E-state index contributed by atoms with van der Waals surface area (Å²) >= 11 is 0. The Morgan fingerprint density at radius 1 is 1.13 bits per heavy atom. The number of nitrogens with one attached hydrogen (secondary N) is 1. The molecule has 15 heavy (non-hydrogen) atoms. The first-order valence-electron chi connectivity index (χ1n) is 4.85. The Morgan fingerprint density at radius 3 is 2.67 bits per heavy atom. The van der Waals surface area contributed by atoms with Gasteiger partial charge < -0.3 is 11.1 Å². The number of anilines is 2. The molecule has 2 aromatic rings. The number of para-hydroxylation sites is 1. The summed E-state index contributed by atoms with van der Waals surface area (Å²) in [6, 6.07) is 11.9. The molecular formula is C12H13N3. The van der Waals surface area contributed by atoms with Crippen LogP contribution in [0.3, 0.4) is 0 Å². The molecule has 0 atom stereocenters. The lowest BCUT2D eigenvalue weighted by molar-refractivity contribution is 1.05. The Bertz CT molecular complexity index is 426. The van der Waals surface area contributed by atoms with Gasteiger partial charge in [-0.25, -0.2) is 0 Å². The molecule has 76 valence electrons. The lowest BCUT2D eigenvalue weighted by atomic mass is 10.2. The van der Waals surface area contributed by atoms with Gasteiger partial charge in [0, 0.05) is 35.9 Å². The van der Waals surface area contributed by atoms with Gasteiger partial charge in [-0.3, -0.25) is 4.98 Å². The molecule has 0 fully saturated rings. The average molecular weight is 199 g/mol. The fourth-order valence-electron chi connectivity index (χ4n) is 1.39. The molecule has 1 aromatic carbocycles. The number of rotatable bonds is 3. The molecule has 0 aliphatic carbocycles. The zero-order valence-corrected chi connectivity index (χ0v) is 8.35. The van der Waals surface area contributed by atoms with E-state index in [1.54, 1.807) is 12.4 Å². The summed E-state index contributed by atoms with van der Waals surface area (Å²) in [5.74, 6) is 0. The number of aromatic nitrogens is 1. The number of nitrogens with two attached hydrogens (primary N) is 1. The topological polar surface area (TPSA) is 50.9 Å². The quantitative estimate of drug-likeness (QED) is 0.797. The van der Waals surface area contributed by atoms with Gasteiger partial charge in [0.1, 0.15) is 0 Å². The second kappa shape index (κ2) is 4.57. The minimum absolute atomic E-state index is 0.489. The molecule has 0 bridgehead atoms. The summed E-state index contributed by atoms with van der Waals surface area (Å²) in [5, 5.41) is 3.30. The van der Waals surface area contributed by atoms with Crippen molar-refractivity contribution in [2.45, 2.75) is 6.54 Å². The summed E-state index contributed by atoms with van der Waals surface area (Å²) in [4.78, 5) is 4.04. The lowest BCUT2D eigenvalue weighted by Crippen LogP contribution is -2.02. The van der Waals surface area contributed by atoms with Crippen molar-refractivity contribution in [1.29, 1.82) is 0 Å². The summed E-state index contributed by atoms with van der Waals surface area (Å²) in [6.07, 6.45) is 3.54. The highest BCUT2D eigenvalue weighted by Crippen LogP contribution is 2.18. The molecule has 0 saturated carbocycles. The van der Waals surface area contributed by atoms with Gasteiger partial charge in [0.2, 0.25) is 0 Å². The van der Waals surface area contributed by atoms with Crippen LogP contribution in [0.1, 0.15) is 5.56 Å². The van der Waals surface area contributed by atoms with Gasteiger partial charge in [-0.15, -0.1) is 0 Å². The number of nitrogens with zero attached hydrogens (tertiary/aromatic N) is 1. The molecule has 0 unspecified atom stereocenters. The van der Waals surface area contributed by atoms with Crippen molar-refractivity contribution in [3.63, 3.8) is 0 Å².